The van der Waals surface area contributed by atoms with Crippen LogP contribution in [-0.4, -0.2) is 92.1 Å². The zero-order valence-corrected chi connectivity index (χ0v) is 37.1. The molecule has 0 N–H and O–H groups in total. The first-order valence-electron chi connectivity index (χ1n) is 20.7. The molecule has 0 unspecified atom stereocenters. The van der Waals surface area contributed by atoms with Gasteiger partial charge in [0.15, 0.2) is 0 Å². The molecule has 0 radical (unpaired) electrons. The van der Waals surface area contributed by atoms with E-state index in [1.807, 2.05) is 0 Å². The van der Waals surface area contributed by atoms with Crippen molar-refractivity contribution in [1.29, 1.82) is 0 Å². The topological polar surface area (TPSA) is 13.0 Å². The van der Waals surface area contributed by atoms with Gasteiger partial charge in [0, 0.05) is 44.3 Å². The molecule has 4 fully saturated rings. The summed E-state index contributed by atoms with van der Waals surface area (Å²) in [5, 5.41) is 0. The summed E-state index contributed by atoms with van der Waals surface area (Å²) in [6.07, 6.45) is 16.3. The Morgan fingerprint density at radius 2 is 0.429 bits per heavy atom. The van der Waals surface area contributed by atoms with Gasteiger partial charge in [0.25, 0.3) is 0 Å². The zero-order chi connectivity index (χ0) is 37.6. The van der Waals surface area contributed by atoms with Crippen molar-refractivity contribution in [2.75, 3.05) is 28.2 Å². The Balaban J connectivity index is 1.84. The zero-order valence-electron chi connectivity index (χ0n) is 37.1. The molecule has 4 rings (SSSR count). The standard InChI is InChI=1S/C45H88N4/c1-37(2)21-33(22-38(3,4)46(37)17)29-45(30-34-23-39(5,6)47(18)40(7,8)24-34,31-35-25-41(9,10)48(19)42(11,12)26-35)32-36-27-43(13,14)49(20)44(15,16)28-36/h33-36H,21-32H2,1-20H3. The molecule has 4 aliphatic heterocycles. The van der Waals surface area contributed by atoms with Crippen LogP contribution in [0.5, 0.6) is 0 Å². The predicted octanol–water partition coefficient (Wildman–Crippen LogP) is 11.1. The van der Waals surface area contributed by atoms with E-state index in [1.54, 1.807) is 0 Å². The summed E-state index contributed by atoms with van der Waals surface area (Å²) in [5.74, 6) is 3.09. The molecule has 0 atom stereocenters. The third-order valence-corrected chi connectivity index (χ3v) is 16.5. The van der Waals surface area contributed by atoms with Gasteiger partial charge in [-0.25, -0.2) is 0 Å². The first-order chi connectivity index (χ1) is 21.8. The molecule has 0 aromatic heterocycles. The van der Waals surface area contributed by atoms with Crippen LogP contribution in [0, 0.1) is 29.1 Å². The minimum Gasteiger partial charge on any atom is -0.296 e. The van der Waals surface area contributed by atoms with Crippen LogP contribution in [0.15, 0.2) is 0 Å². The molecular formula is C45H88N4. The van der Waals surface area contributed by atoms with Gasteiger partial charge in [0.1, 0.15) is 0 Å². The van der Waals surface area contributed by atoms with E-state index >= 15 is 0 Å². The number of hydrogen-bond donors (Lipinski definition) is 0. The average Bonchev–Trinajstić information content (AvgIpc) is 2.86. The summed E-state index contributed by atoms with van der Waals surface area (Å²) < 4.78 is 0. The van der Waals surface area contributed by atoms with Crippen LogP contribution >= 0.6 is 0 Å². The Labute approximate surface area is 308 Å². The van der Waals surface area contributed by atoms with Crippen LogP contribution in [0.25, 0.3) is 0 Å². The van der Waals surface area contributed by atoms with E-state index in [0.29, 0.717) is 5.41 Å². The molecule has 0 aliphatic carbocycles. The van der Waals surface area contributed by atoms with Crippen molar-refractivity contribution in [3.8, 4) is 0 Å². The largest absolute Gasteiger partial charge is 0.296 e. The van der Waals surface area contributed by atoms with Gasteiger partial charge < -0.3 is 0 Å². The fraction of sp³-hybridized carbons (Fsp3) is 1.00. The number of rotatable bonds is 8. The molecule has 4 aliphatic rings. The Morgan fingerprint density at radius 3 is 0.551 bits per heavy atom. The van der Waals surface area contributed by atoms with Gasteiger partial charge in [-0.2, -0.15) is 0 Å². The van der Waals surface area contributed by atoms with Crippen molar-refractivity contribution in [3.05, 3.63) is 0 Å². The van der Waals surface area contributed by atoms with Gasteiger partial charge in [-0.15, -0.1) is 0 Å². The quantitative estimate of drug-likeness (QED) is 0.252. The maximum Gasteiger partial charge on any atom is 0.0158 e. The SMILES string of the molecule is CN1C(C)(C)CC(CC(CC2CC(C)(C)N(C)C(C)(C)C2)(CC2CC(C)(C)N(C)C(C)(C)C2)CC2CC(C)(C)N(C)C(C)(C)C2)CC1(C)C. The highest BCUT2D eigenvalue weighted by atomic mass is 15.3. The van der Waals surface area contributed by atoms with E-state index in [4.69, 9.17) is 0 Å². The molecule has 0 spiro atoms. The van der Waals surface area contributed by atoms with E-state index in [0.717, 1.165) is 23.7 Å². The molecule has 0 aromatic carbocycles. The molecule has 0 bridgehead atoms. The van der Waals surface area contributed by atoms with Crippen molar-refractivity contribution in [2.24, 2.45) is 29.1 Å². The number of hydrogen-bond acceptors (Lipinski definition) is 4. The van der Waals surface area contributed by atoms with Gasteiger partial charge in [-0.3, -0.25) is 19.6 Å². The lowest BCUT2D eigenvalue weighted by atomic mass is 9.55. The molecule has 4 heterocycles. The first kappa shape index (κ1) is 41.6. The lowest BCUT2D eigenvalue weighted by Crippen LogP contribution is -2.61. The van der Waals surface area contributed by atoms with Crippen LogP contribution in [0.1, 0.15) is 188 Å². The van der Waals surface area contributed by atoms with Gasteiger partial charge in [0.2, 0.25) is 0 Å². The van der Waals surface area contributed by atoms with Crippen LogP contribution in [-0.2, 0) is 0 Å². The Morgan fingerprint density at radius 1 is 0.306 bits per heavy atom. The smallest absolute Gasteiger partial charge is 0.0158 e. The van der Waals surface area contributed by atoms with Crippen LogP contribution in [0.2, 0.25) is 0 Å². The highest BCUT2D eigenvalue weighted by Gasteiger charge is 2.53. The molecule has 288 valence electrons. The summed E-state index contributed by atoms with van der Waals surface area (Å²) in [7, 11) is 9.60. The second-order valence-electron chi connectivity index (χ2n) is 24.1. The fourth-order valence-electron chi connectivity index (χ4n) is 13.8. The second kappa shape index (κ2) is 13.0. The maximum atomic E-state index is 2.71. The van der Waals surface area contributed by atoms with Crippen LogP contribution < -0.4 is 0 Å². The lowest BCUT2D eigenvalue weighted by Gasteiger charge is -2.59. The van der Waals surface area contributed by atoms with E-state index in [2.05, 4.69) is 159 Å². The maximum absolute atomic E-state index is 2.71. The molecule has 0 amide bonds. The number of nitrogens with zero attached hydrogens (tertiary/aromatic N) is 4. The summed E-state index contributed by atoms with van der Waals surface area (Å²) in [4.78, 5) is 10.9. The molecular weight excluding hydrogens is 597 g/mol. The first-order valence-corrected chi connectivity index (χ1v) is 20.7. The minimum atomic E-state index is 0.227. The molecule has 4 nitrogen and oxygen atoms in total. The molecule has 4 heteroatoms. The summed E-state index contributed by atoms with van der Waals surface area (Å²) in [6, 6.07) is 0. The highest BCUT2D eigenvalue weighted by molar-refractivity contribution is 5.07. The predicted molar refractivity (Wildman–Crippen MR) is 215 cm³/mol. The summed E-state index contributed by atoms with van der Waals surface area (Å²) >= 11 is 0. The van der Waals surface area contributed by atoms with E-state index in [9.17, 15) is 0 Å². The van der Waals surface area contributed by atoms with E-state index < -0.39 is 0 Å². The minimum absolute atomic E-state index is 0.227. The van der Waals surface area contributed by atoms with Crippen molar-refractivity contribution < 1.29 is 0 Å². The van der Waals surface area contributed by atoms with Gasteiger partial charge in [-0.05, 0) is 245 Å². The Bertz CT molecular complexity index is 901. The lowest BCUT2D eigenvalue weighted by molar-refractivity contribution is -0.0864. The molecule has 49 heavy (non-hydrogen) atoms. The molecule has 0 aromatic rings. The van der Waals surface area contributed by atoms with Gasteiger partial charge >= 0.3 is 0 Å². The summed E-state index contributed by atoms with van der Waals surface area (Å²) in [5.41, 5.74) is 2.18. The van der Waals surface area contributed by atoms with Gasteiger partial charge in [0.05, 0.1) is 0 Å². The third-order valence-electron chi connectivity index (χ3n) is 16.5. The average molecular weight is 685 g/mol. The summed E-state index contributed by atoms with van der Waals surface area (Å²) in [6.45, 7) is 40.6. The van der Waals surface area contributed by atoms with Crippen molar-refractivity contribution in [3.63, 3.8) is 0 Å². The van der Waals surface area contributed by atoms with E-state index in [1.165, 1.54) is 77.0 Å². The highest BCUT2D eigenvalue weighted by Crippen LogP contribution is 2.57. The number of likely N-dealkylation sites (tertiary alicyclic amines) is 4. The van der Waals surface area contributed by atoms with E-state index in [-0.39, 0.29) is 44.3 Å². The Kier molecular flexibility index (Phi) is 11.0. The Hall–Kier alpha value is -0.160. The normalized spacial score (nSPS) is 31.6. The van der Waals surface area contributed by atoms with Crippen LogP contribution in [0.3, 0.4) is 0 Å². The number of piperidine rings is 4. The van der Waals surface area contributed by atoms with Crippen LogP contribution in [0.4, 0.5) is 0 Å². The molecule has 4 saturated heterocycles. The molecule has 0 saturated carbocycles. The van der Waals surface area contributed by atoms with Crippen molar-refractivity contribution in [2.45, 2.75) is 232 Å². The van der Waals surface area contributed by atoms with Crippen molar-refractivity contribution >= 4 is 0 Å². The second-order valence-corrected chi connectivity index (χ2v) is 24.1. The van der Waals surface area contributed by atoms with Gasteiger partial charge in [-0.1, -0.05) is 0 Å². The monoisotopic (exact) mass is 685 g/mol. The fourth-order valence-corrected chi connectivity index (χ4v) is 13.8. The third kappa shape index (κ3) is 8.64. The van der Waals surface area contributed by atoms with Crippen molar-refractivity contribution in [1.82, 2.24) is 19.6 Å².